The van der Waals surface area contributed by atoms with E-state index in [1.165, 1.54) is 24.3 Å². The van der Waals surface area contributed by atoms with Gasteiger partial charge in [0.15, 0.2) is 9.84 Å². The monoisotopic (exact) mass is 317 g/mol. The molecule has 1 aromatic carbocycles. The van der Waals surface area contributed by atoms with Gasteiger partial charge in [0.05, 0.1) is 9.79 Å². The lowest BCUT2D eigenvalue weighted by molar-refractivity contribution is 0.412. The molecule has 112 valence electrons. The van der Waals surface area contributed by atoms with Crippen molar-refractivity contribution in [3.63, 3.8) is 0 Å². The van der Waals surface area contributed by atoms with Crippen molar-refractivity contribution in [2.45, 2.75) is 47.9 Å². The maximum Gasteiger partial charge on any atom is 0.240 e. The molecule has 0 aliphatic heterocycles. The van der Waals surface area contributed by atoms with Gasteiger partial charge in [-0.2, -0.15) is 0 Å². The van der Waals surface area contributed by atoms with Gasteiger partial charge in [0.1, 0.15) is 0 Å². The molecule has 0 spiro atoms. The Hall–Kier alpha value is -0.920. The number of nitrogens with one attached hydrogen (secondary N) is 1. The van der Waals surface area contributed by atoms with Crippen molar-refractivity contribution in [3.8, 4) is 0 Å². The topological polar surface area (TPSA) is 80.3 Å². The van der Waals surface area contributed by atoms with E-state index in [9.17, 15) is 16.8 Å². The molecule has 1 aliphatic rings. The summed E-state index contributed by atoms with van der Waals surface area (Å²) in [7, 11) is -7.07. The number of rotatable bonds is 4. The number of sulfone groups is 1. The summed E-state index contributed by atoms with van der Waals surface area (Å²) in [5.41, 5.74) is 0. The fraction of sp³-hybridized carbons (Fsp3) is 0.538. The quantitative estimate of drug-likeness (QED) is 0.916. The van der Waals surface area contributed by atoms with E-state index in [1.54, 1.807) is 0 Å². The molecule has 2 rings (SSSR count). The van der Waals surface area contributed by atoms with Gasteiger partial charge >= 0.3 is 0 Å². The summed E-state index contributed by atoms with van der Waals surface area (Å²) in [6.07, 6.45) is 5.93. The van der Waals surface area contributed by atoms with Gasteiger partial charge in [-0.15, -0.1) is 0 Å². The molecule has 1 fully saturated rings. The molecule has 1 aliphatic carbocycles. The Morgan fingerprint density at radius 1 is 1.00 bits per heavy atom. The van der Waals surface area contributed by atoms with E-state index in [2.05, 4.69) is 4.72 Å². The minimum Gasteiger partial charge on any atom is -0.224 e. The normalized spacial score (nSPS) is 18.1. The van der Waals surface area contributed by atoms with Gasteiger partial charge in [-0.05, 0) is 31.0 Å². The van der Waals surface area contributed by atoms with Crippen LogP contribution in [0, 0.1) is 0 Å². The van der Waals surface area contributed by atoms with E-state index < -0.39 is 19.9 Å². The van der Waals surface area contributed by atoms with E-state index in [4.69, 9.17) is 0 Å². The molecule has 1 aromatic rings. The standard InChI is InChI=1S/C13H19NO4S2/c1-19(15,16)12-8-5-9-13(10-12)20(17,18)14-11-6-3-2-4-7-11/h5,8-11,14H,2-4,6-7H2,1H3. The largest absolute Gasteiger partial charge is 0.240 e. The second-order valence-corrected chi connectivity index (χ2v) is 8.93. The predicted octanol–water partition coefficient (Wildman–Crippen LogP) is 1.70. The fourth-order valence-corrected chi connectivity index (χ4v) is 4.47. The number of sulfonamides is 1. The Kier molecular flexibility index (Phi) is 4.51. The van der Waals surface area contributed by atoms with Gasteiger partial charge in [0.25, 0.3) is 0 Å². The zero-order chi connectivity index (χ0) is 14.8. The third-order valence-electron chi connectivity index (χ3n) is 3.47. The third kappa shape index (κ3) is 3.80. The number of hydrogen-bond donors (Lipinski definition) is 1. The molecular formula is C13H19NO4S2. The lowest BCUT2D eigenvalue weighted by Crippen LogP contribution is -2.36. The molecule has 0 radical (unpaired) electrons. The molecule has 0 amide bonds. The highest BCUT2D eigenvalue weighted by atomic mass is 32.2. The molecule has 0 atom stereocenters. The van der Waals surface area contributed by atoms with Crippen LogP contribution in [0.3, 0.4) is 0 Å². The van der Waals surface area contributed by atoms with Crippen LogP contribution in [0.5, 0.6) is 0 Å². The molecule has 0 aromatic heterocycles. The van der Waals surface area contributed by atoms with Crippen LogP contribution in [0.4, 0.5) is 0 Å². The highest BCUT2D eigenvalue weighted by molar-refractivity contribution is 7.91. The lowest BCUT2D eigenvalue weighted by atomic mass is 9.96. The van der Waals surface area contributed by atoms with Crippen molar-refractivity contribution in [2.24, 2.45) is 0 Å². The van der Waals surface area contributed by atoms with E-state index in [-0.39, 0.29) is 15.8 Å². The summed E-state index contributed by atoms with van der Waals surface area (Å²) in [6, 6.07) is 5.43. The first-order chi connectivity index (χ1) is 9.29. The molecule has 0 bridgehead atoms. The Morgan fingerprint density at radius 2 is 1.60 bits per heavy atom. The van der Waals surface area contributed by atoms with Gasteiger partial charge in [0.2, 0.25) is 10.0 Å². The summed E-state index contributed by atoms with van der Waals surface area (Å²) >= 11 is 0. The second kappa shape index (κ2) is 5.83. The predicted molar refractivity (Wildman–Crippen MR) is 76.7 cm³/mol. The van der Waals surface area contributed by atoms with Crippen LogP contribution in [-0.2, 0) is 19.9 Å². The smallest absolute Gasteiger partial charge is 0.224 e. The van der Waals surface area contributed by atoms with Gasteiger partial charge in [-0.3, -0.25) is 0 Å². The third-order valence-corrected chi connectivity index (χ3v) is 6.10. The molecule has 0 unspecified atom stereocenters. The number of hydrogen-bond acceptors (Lipinski definition) is 4. The Bertz CT molecular complexity index is 674. The molecule has 20 heavy (non-hydrogen) atoms. The average molecular weight is 317 g/mol. The fourth-order valence-electron chi connectivity index (χ4n) is 2.38. The molecule has 1 saturated carbocycles. The first-order valence-electron chi connectivity index (χ1n) is 6.61. The first kappa shape index (κ1) is 15.5. The molecule has 0 saturated heterocycles. The van der Waals surface area contributed by atoms with Crippen LogP contribution < -0.4 is 4.72 Å². The maximum atomic E-state index is 12.3. The zero-order valence-electron chi connectivity index (χ0n) is 11.4. The molecule has 0 heterocycles. The van der Waals surface area contributed by atoms with Crippen LogP contribution in [0.1, 0.15) is 32.1 Å². The molecule has 1 N–H and O–H groups in total. The number of benzene rings is 1. The van der Waals surface area contributed by atoms with E-state index >= 15 is 0 Å². The second-order valence-electron chi connectivity index (χ2n) is 5.20. The summed E-state index contributed by atoms with van der Waals surface area (Å²) in [4.78, 5) is 0.0232. The summed E-state index contributed by atoms with van der Waals surface area (Å²) in [5, 5.41) is 0. The first-order valence-corrected chi connectivity index (χ1v) is 9.99. The minimum absolute atomic E-state index is 0.00555. The van der Waals surface area contributed by atoms with E-state index in [0.29, 0.717) is 0 Å². The minimum atomic E-state index is -3.66. The van der Waals surface area contributed by atoms with Crippen molar-refractivity contribution >= 4 is 19.9 Å². The lowest BCUT2D eigenvalue weighted by Gasteiger charge is -2.22. The van der Waals surface area contributed by atoms with E-state index in [0.717, 1.165) is 38.4 Å². The molecule has 5 nitrogen and oxygen atoms in total. The van der Waals surface area contributed by atoms with Crippen molar-refractivity contribution < 1.29 is 16.8 Å². The highest BCUT2D eigenvalue weighted by Crippen LogP contribution is 2.21. The van der Waals surface area contributed by atoms with Gasteiger partial charge in [0, 0.05) is 12.3 Å². The maximum absolute atomic E-state index is 12.3. The average Bonchev–Trinajstić information content (AvgIpc) is 2.38. The highest BCUT2D eigenvalue weighted by Gasteiger charge is 2.22. The van der Waals surface area contributed by atoms with Crippen molar-refractivity contribution in [1.82, 2.24) is 4.72 Å². The van der Waals surface area contributed by atoms with Crippen LogP contribution >= 0.6 is 0 Å². The SMILES string of the molecule is CS(=O)(=O)c1cccc(S(=O)(=O)NC2CCCCC2)c1. The zero-order valence-corrected chi connectivity index (χ0v) is 13.0. The van der Waals surface area contributed by atoms with Crippen LogP contribution in [0.2, 0.25) is 0 Å². The summed E-state index contributed by atoms with van der Waals surface area (Å²) in [6.45, 7) is 0. The Labute approximate surface area is 120 Å². The van der Waals surface area contributed by atoms with Gasteiger partial charge < -0.3 is 0 Å². The van der Waals surface area contributed by atoms with E-state index in [1.807, 2.05) is 0 Å². The van der Waals surface area contributed by atoms with Crippen molar-refractivity contribution in [3.05, 3.63) is 24.3 Å². The van der Waals surface area contributed by atoms with Crippen LogP contribution in [0.25, 0.3) is 0 Å². The van der Waals surface area contributed by atoms with Crippen molar-refractivity contribution in [1.29, 1.82) is 0 Å². The Morgan fingerprint density at radius 3 is 2.20 bits per heavy atom. The van der Waals surface area contributed by atoms with Gasteiger partial charge in [-0.1, -0.05) is 25.3 Å². The summed E-state index contributed by atoms with van der Waals surface area (Å²) in [5.74, 6) is 0. The summed E-state index contributed by atoms with van der Waals surface area (Å²) < 4.78 is 50.2. The molecule has 7 heteroatoms. The van der Waals surface area contributed by atoms with Crippen LogP contribution in [0.15, 0.2) is 34.1 Å². The van der Waals surface area contributed by atoms with Crippen LogP contribution in [-0.4, -0.2) is 29.1 Å². The van der Waals surface area contributed by atoms with Crippen molar-refractivity contribution in [2.75, 3.05) is 6.26 Å². The van der Waals surface area contributed by atoms with Gasteiger partial charge in [-0.25, -0.2) is 21.6 Å². The molecular weight excluding hydrogens is 298 g/mol. The Balaban J connectivity index is 2.25.